The number of hydrogen-bond acceptors (Lipinski definition) is 4. The van der Waals surface area contributed by atoms with E-state index >= 15 is 0 Å². The number of aromatic nitrogens is 2. The third-order valence-electron chi connectivity index (χ3n) is 4.77. The number of ether oxygens (including phenoxy) is 1. The molecule has 3 aromatic rings. The van der Waals surface area contributed by atoms with E-state index in [2.05, 4.69) is 9.97 Å². The zero-order valence-corrected chi connectivity index (χ0v) is 15.5. The van der Waals surface area contributed by atoms with Crippen LogP contribution in [0.25, 0.3) is 0 Å². The summed E-state index contributed by atoms with van der Waals surface area (Å²) in [4.78, 5) is 25.0. The van der Waals surface area contributed by atoms with Crippen molar-refractivity contribution in [1.82, 2.24) is 14.9 Å². The molecule has 0 unspecified atom stereocenters. The lowest BCUT2D eigenvalue weighted by atomic mass is 10.1. The number of carbonyl (C=O) groups is 1. The summed E-state index contributed by atoms with van der Waals surface area (Å²) in [5.41, 5.74) is 1.72. The molecule has 0 radical (unpaired) electrons. The number of benzene rings is 2. The van der Waals surface area contributed by atoms with Gasteiger partial charge in [-0.15, -0.1) is 0 Å². The first-order chi connectivity index (χ1) is 13.8. The summed E-state index contributed by atoms with van der Waals surface area (Å²) in [6.45, 7) is 1.29. The summed E-state index contributed by atoms with van der Waals surface area (Å²) in [6, 6.07) is 21.2. The monoisotopic (exact) mass is 374 g/mol. The summed E-state index contributed by atoms with van der Waals surface area (Å²) in [6.07, 6.45) is 4.74. The van der Waals surface area contributed by atoms with Crippen molar-refractivity contribution in [2.75, 3.05) is 18.0 Å². The Kier molecular flexibility index (Phi) is 5.47. The summed E-state index contributed by atoms with van der Waals surface area (Å²) < 4.78 is 5.91. The van der Waals surface area contributed by atoms with E-state index in [-0.39, 0.29) is 12.1 Å². The van der Waals surface area contributed by atoms with E-state index in [1.165, 1.54) is 6.33 Å². The fourth-order valence-electron chi connectivity index (χ4n) is 3.35. The lowest BCUT2D eigenvalue weighted by molar-refractivity contribution is 0.110. The van der Waals surface area contributed by atoms with Crippen LogP contribution in [0.3, 0.4) is 0 Å². The van der Waals surface area contributed by atoms with Gasteiger partial charge in [-0.3, -0.25) is 4.90 Å². The van der Waals surface area contributed by atoms with Gasteiger partial charge < -0.3 is 9.64 Å². The van der Waals surface area contributed by atoms with Crippen LogP contribution in [0.5, 0.6) is 5.88 Å². The smallest absolute Gasteiger partial charge is 0.329 e. The Morgan fingerprint density at radius 2 is 1.54 bits per heavy atom. The Balaban J connectivity index is 1.46. The quantitative estimate of drug-likeness (QED) is 0.684. The Labute approximate surface area is 164 Å². The minimum atomic E-state index is -0.0158. The summed E-state index contributed by atoms with van der Waals surface area (Å²) in [5.74, 6) is 0.579. The number of carbonyl (C=O) groups excluding carboxylic acids is 1. The first kappa shape index (κ1) is 18.0. The highest BCUT2D eigenvalue weighted by atomic mass is 16.5. The number of para-hydroxylation sites is 2. The molecule has 2 heterocycles. The molecule has 2 aromatic carbocycles. The highest BCUT2D eigenvalue weighted by molar-refractivity contribution is 5.99. The topological polar surface area (TPSA) is 58.6 Å². The van der Waals surface area contributed by atoms with Gasteiger partial charge in [0.05, 0.1) is 11.4 Å². The average molecular weight is 374 g/mol. The maximum atomic E-state index is 13.4. The number of nitrogens with zero attached hydrogens (tertiary/aromatic N) is 4. The predicted molar refractivity (Wildman–Crippen MR) is 108 cm³/mol. The maximum absolute atomic E-state index is 13.4. The maximum Gasteiger partial charge on any atom is 0.329 e. The Bertz CT molecular complexity index is 843. The van der Waals surface area contributed by atoms with Crippen molar-refractivity contribution in [3.63, 3.8) is 0 Å². The molecule has 1 saturated heterocycles. The van der Waals surface area contributed by atoms with Crippen molar-refractivity contribution in [1.29, 1.82) is 0 Å². The zero-order valence-electron chi connectivity index (χ0n) is 15.5. The van der Waals surface area contributed by atoms with Crippen LogP contribution in [-0.2, 0) is 0 Å². The molecule has 0 aliphatic carbocycles. The molecule has 1 aliphatic heterocycles. The van der Waals surface area contributed by atoms with Gasteiger partial charge in [-0.2, -0.15) is 0 Å². The summed E-state index contributed by atoms with van der Waals surface area (Å²) in [7, 11) is 0. The highest BCUT2D eigenvalue weighted by Crippen LogP contribution is 2.28. The Morgan fingerprint density at radius 1 is 0.929 bits per heavy atom. The number of piperidine rings is 1. The molecule has 1 fully saturated rings. The lowest BCUT2D eigenvalue weighted by Gasteiger charge is -2.35. The molecule has 0 saturated carbocycles. The summed E-state index contributed by atoms with van der Waals surface area (Å²) in [5, 5.41) is 0. The third kappa shape index (κ3) is 4.11. The summed E-state index contributed by atoms with van der Waals surface area (Å²) >= 11 is 0. The lowest BCUT2D eigenvalue weighted by Crippen LogP contribution is -2.47. The van der Waals surface area contributed by atoms with Crippen LogP contribution in [-0.4, -0.2) is 40.1 Å². The van der Waals surface area contributed by atoms with Crippen molar-refractivity contribution in [2.24, 2.45) is 0 Å². The van der Waals surface area contributed by atoms with Crippen LogP contribution in [0.2, 0.25) is 0 Å². The Hall–Kier alpha value is -3.41. The standard InChI is InChI=1S/C22H22N4O2/c27-22(25-15-12-20(13-16-25)28-21-11-14-23-17-24-21)26(18-7-3-1-4-8-18)19-9-5-2-6-10-19/h1-11,14,17,20H,12-13,15-16H2. The SMILES string of the molecule is O=C(N1CCC(Oc2ccncn2)CC1)N(c1ccccc1)c1ccccc1. The second-order valence-corrected chi connectivity index (χ2v) is 6.64. The van der Waals surface area contributed by atoms with Gasteiger partial charge >= 0.3 is 6.03 Å². The number of hydrogen-bond donors (Lipinski definition) is 0. The molecule has 6 nitrogen and oxygen atoms in total. The molecule has 0 spiro atoms. The molecule has 4 rings (SSSR count). The highest BCUT2D eigenvalue weighted by Gasteiger charge is 2.29. The number of rotatable bonds is 4. The van der Waals surface area contributed by atoms with Crippen molar-refractivity contribution < 1.29 is 9.53 Å². The van der Waals surface area contributed by atoms with Gasteiger partial charge in [0.1, 0.15) is 12.4 Å². The molecule has 142 valence electrons. The van der Waals surface area contributed by atoms with Crippen molar-refractivity contribution in [3.05, 3.63) is 79.3 Å². The van der Waals surface area contributed by atoms with Gasteiger partial charge in [-0.25, -0.2) is 14.8 Å². The fourth-order valence-corrected chi connectivity index (χ4v) is 3.35. The molecule has 6 heteroatoms. The van der Waals surface area contributed by atoms with E-state index in [4.69, 9.17) is 4.74 Å². The van der Waals surface area contributed by atoms with E-state index in [1.807, 2.05) is 65.6 Å². The van der Waals surface area contributed by atoms with Gasteiger partial charge in [-0.1, -0.05) is 36.4 Å². The van der Waals surface area contributed by atoms with Crippen molar-refractivity contribution >= 4 is 17.4 Å². The minimum Gasteiger partial charge on any atom is -0.474 e. The van der Waals surface area contributed by atoms with E-state index in [0.29, 0.717) is 19.0 Å². The first-order valence-corrected chi connectivity index (χ1v) is 9.43. The second-order valence-electron chi connectivity index (χ2n) is 6.64. The van der Waals surface area contributed by atoms with E-state index in [1.54, 1.807) is 17.2 Å². The van der Waals surface area contributed by atoms with Crippen molar-refractivity contribution in [3.8, 4) is 5.88 Å². The van der Waals surface area contributed by atoms with Crippen LogP contribution in [0.4, 0.5) is 16.2 Å². The van der Waals surface area contributed by atoms with E-state index < -0.39 is 0 Å². The van der Waals surface area contributed by atoms with Crippen molar-refractivity contribution in [2.45, 2.75) is 18.9 Å². The normalized spacial score (nSPS) is 14.5. The van der Waals surface area contributed by atoms with Crippen LogP contribution < -0.4 is 9.64 Å². The van der Waals surface area contributed by atoms with Crippen LogP contribution in [0, 0.1) is 0 Å². The molecular weight excluding hydrogens is 352 g/mol. The Morgan fingerprint density at radius 3 is 2.07 bits per heavy atom. The van der Waals surface area contributed by atoms with E-state index in [9.17, 15) is 4.79 Å². The number of anilines is 2. The van der Waals surface area contributed by atoms with Crippen LogP contribution in [0.15, 0.2) is 79.3 Å². The molecule has 1 aliphatic rings. The zero-order chi connectivity index (χ0) is 19.2. The average Bonchev–Trinajstić information content (AvgIpc) is 2.77. The van der Waals surface area contributed by atoms with Crippen LogP contribution in [0.1, 0.15) is 12.8 Å². The second kappa shape index (κ2) is 8.52. The number of urea groups is 1. The van der Waals surface area contributed by atoms with Gasteiger partial charge in [0.2, 0.25) is 5.88 Å². The molecule has 0 atom stereocenters. The van der Waals surface area contributed by atoms with Gasteiger partial charge in [0, 0.05) is 38.2 Å². The van der Waals surface area contributed by atoms with E-state index in [0.717, 1.165) is 24.2 Å². The van der Waals surface area contributed by atoms with Gasteiger partial charge in [0.25, 0.3) is 0 Å². The van der Waals surface area contributed by atoms with Gasteiger partial charge in [0.15, 0.2) is 0 Å². The fraction of sp³-hybridized carbons (Fsp3) is 0.227. The first-order valence-electron chi connectivity index (χ1n) is 9.43. The number of amides is 2. The third-order valence-corrected chi connectivity index (χ3v) is 4.77. The molecule has 0 N–H and O–H groups in total. The molecule has 0 bridgehead atoms. The van der Waals surface area contributed by atoms with Crippen LogP contribution >= 0.6 is 0 Å². The molecule has 28 heavy (non-hydrogen) atoms. The largest absolute Gasteiger partial charge is 0.474 e. The predicted octanol–water partition coefficient (Wildman–Crippen LogP) is 4.28. The molecule has 1 aromatic heterocycles. The minimum absolute atomic E-state index is 0.0158. The van der Waals surface area contributed by atoms with Gasteiger partial charge in [-0.05, 0) is 24.3 Å². The number of likely N-dealkylation sites (tertiary alicyclic amines) is 1. The molecule has 2 amide bonds. The molecular formula is C22H22N4O2.